The largest absolute Gasteiger partial charge is 0.465 e. The van der Waals surface area contributed by atoms with E-state index in [0.717, 1.165) is 32.8 Å². The fraction of sp³-hybridized carbons (Fsp3) is 0.667. The quantitative estimate of drug-likeness (QED) is 0.834. The lowest BCUT2D eigenvalue weighted by Crippen LogP contribution is -2.22. The molecule has 0 spiro atoms. The van der Waals surface area contributed by atoms with Crippen LogP contribution in [0.25, 0.3) is 0 Å². The molecule has 6 nitrogen and oxygen atoms in total. The normalized spacial score (nSPS) is 16.2. The summed E-state index contributed by atoms with van der Waals surface area (Å²) in [4.78, 5) is 11.7. The summed E-state index contributed by atoms with van der Waals surface area (Å²) in [5, 5.41) is 6.16. The number of carbonyl (C=O) groups is 1. The number of methoxy groups -OCH3 is 1. The Hall–Kier alpha value is -1.93. The zero-order valence-electron chi connectivity index (χ0n) is 11.5. The predicted octanol–water partition coefficient (Wildman–Crippen LogP) is 2.34. The highest BCUT2D eigenvalue weighted by molar-refractivity contribution is 5.99. The maximum absolute atomic E-state index is 12.3. The Morgan fingerprint density at radius 1 is 1.48 bits per heavy atom. The van der Waals surface area contributed by atoms with Gasteiger partial charge in [0, 0.05) is 0 Å². The van der Waals surface area contributed by atoms with Gasteiger partial charge in [-0.25, -0.2) is 9.48 Å². The lowest BCUT2D eigenvalue weighted by Gasteiger charge is -2.11. The average molecular weight is 306 g/mol. The van der Waals surface area contributed by atoms with Crippen molar-refractivity contribution < 1.29 is 22.7 Å². The van der Waals surface area contributed by atoms with Crippen LogP contribution in [0.5, 0.6) is 0 Å². The minimum absolute atomic E-state index is 0.00911. The summed E-state index contributed by atoms with van der Waals surface area (Å²) < 4.78 is 43.0. The van der Waals surface area contributed by atoms with Gasteiger partial charge in [-0.05, 0) is 12.8 Å². The highest BCUT2D eigenvalue weighted by Crippen LogP contribution is 2.34. The van der Waals surface area contributed by atoms with Gasteiger partial charge in [0.1, 0.15) is 17.9 Å². The van der Waals surface area contributed by atoms with Crippen LogP contribution in [-0.2, 0) is 4.74 Å². The highest BCUT2D eigenvalue weighted by atomic mass is 19.4. The van der Waals surface area contributed by atoms with Gasteiger partial charge >= 0.3 is 12.1 Å². The van der Waals surface area contributed by atoms with Crippen LogP contribution < -0.4 is 11.1 Å². The zero-order chi connectivity index (χ0) is 15.6. The van der Waals surface area contributed by atoms with E-state index in [0.29, 0.717) is 0 Å². The van der Waals surface area contributed by atoms with E-state index in [2.05, 4.69) is 15.2 Å². The van der Waals surface area contributed by atoms with Crippen molar-refractivity contribution in [3.05, 3.63) is 5.56 Å². The molecule has 2 rings (SSSR count). The van der Waals surface area contributed by atoms with E-state index in [9.17, 15) is 18.0 Å². The number of aromatic nitrogens is 2. The molecule has 1 aromatic rings. The van der Waals surface area contributed by atoms with Crippen LogP contribution in [0.4, 0.5) is 24.8 Å². The Bertz CT molecular complexity index is 521. The van der Waals surface area contributed by atoms with Gasteiger partial charge in [-0.1, -0.05) is 12.8 Å². The Labute approximate surface area is 119 Å². The molecule has 3 N–H and O–H groups in total. The number of carbonyl (C=O) groups excluding carboxylic acids is 1. The highest BCUT2D eigenvalue weighted by Gasteiger charge is 2.31. The van der Waals surface area contributed by atoms with E-state index >= 15 is 0 Å². The van der Waals surface area contributed by atoms with Crippen molar-refractivity contribution in [1.82, 2.24) is 9.78 Å². The number of ether oxygens (including phenoxy) is 1. The van der Waals surface area contributed by atoms with Gasteiger partial charge in [-0.15, -0.1) is 0 Å². The molecule has 0 saturated heterocycles. The van der Waals surface area contributed by atoms with Crippen LogP contribution >= 0.6 is 0 Å². The molecule has 0 atom stereocenters. The van der Waals surface area contributed by atoms with E-state index in [-0.39, 0.29) is 23.2 Å². The number of nitrogens with two attached hydrogens (primary N) is 1. The Kier molecular flexibility index (Phi) is 4.29. The summed E-state index contributed by atoms with van der Waals surface area (Å²) in [6.07, 6.45) is -0.735. The first-order chi connectivity index (χ1) is 9.83. The molecule has 0 amide bonds. The Balaban J connectivity index is 2.32. The third-order valence-corrected chi connectivity index (χ3v) is 3.46. The van der Waals surface area contributed by atoms with Crippen molar-refractivity contribution in [2.45, 2.75) is 37.9 Å². The van der Waals surface area contributed by atoms with Crippen LogP contribution in [0.3, 0.4) is 0 Å². The smallest absolute Gasteiger partial charge is 0.405 e. The number of anilines is 2. The SMILES string of the molecule is COC(=O)c1c(NCC(F)(F)F)nn(C2CCCC2)c1N. The standard InChI is InChI=1S/C12H17F3N4O2/c1-21-11(20)8-9(16)19(7-4-2-3-5-7)18-10(8)17-6-12(13,14)15/h7H,2-6,16H2,1H3,(H,17,18). The van der Waals surface area contributed by atoms with E-state index in [1.165, 1.54) is 4.68 Å². The number of nitrogens with one attached hydrogen (secondary N) is 1. The molecular formula is C12H17F3N4O2. The van der Waals surface area contributed by atoms with Crippen molar-refractivity contribution in [1.29, 1.82) is 0 Å². The maximum Gasteiger partial charge on any atom is 0.405 e. The first-order valence-electron chi connectivity index (χ1n) is 6.60. The minimum Gasteiger partial charge on any atom is -0.465 e. The summed E-state index contributed by atoms with van der Waals surface area (Å²) in [7, 11) is 1.14. The molecule has 1 saturated carbocycles. The number of hydrogen-bond donors (Lipinski definition) is 2. The summed E-state index contributed by atoms with van der Waals surface area (Å²) in [5.74, 6) is -0.955. The molecule has 1 heterocycles. The van der Waals surface area contributed by atoms with Crippen molar-refractivity contribution in [3.8, 4) is 0 Å². The Morgan fingerprint density at radius 2 is 2.10 bits per heavy atom. The molecule has 0 aliphatic heterocycles. The third-order valence-electron chi connectivity index (χ3n) is 3.46. The molecule has 0 unspecified atom stereocenters. The van der Waals surface area contributed by atoms with Crippen LogP contribution in [0.15, 0.2) is 0 Å². The average Bonchev–Trinajstić information content (AvgIpc) is 3.02. The molecule has 1 fully saturated rings. The summed E-state index contributed by atoms with van der Waals surface area (Å²) in [6.45, 7) is -1.29. The number of halogens is 3. The molecule has 0 bridgehead atoms. The first-order valence-corrected chi connectivity index (χ1v) is 6.60. The van der Waals surface area contributed by atoms with Crippen molar-refractivity contribution in [2.24, 2.45) is 0 Å². The van der Waals surface area contributed by atoms with Gasteiger partial charge in [-0.2, -0.15) is 18.3 Å². The van der Waals surface area contributed by atoms with E-state index in [1.54, 1.807) is 0 Å². The maximum atomic E-state index is 12.3. The number of hydrogen-bond acceptors (Lipinski definition) is 5. The zero-order valence-corrected chi connectivity index (χ0v) is 11.5. The number of rotatable bonds is 4. The number of nitrogen functional groups attached to an aromatic ring is 1. The van der Waals surface area contributed by atoms with Gasteiger partial charge in [0.25, 0.3) is 0 Å². The topological polar surface area (TPSA) is 82.2 Å². The van der Waals surface area contributed by atoms with Crippen molar-refractivity contribution >= 4 is 17.6 Å². The van der Waals surface area contributed by atoms with Crippen LogP contribution in [0, 0.1) is 0 Å². The van der Waals surface area contributed by atoms with E-state index < -0.39 is 18.7 Å². The second-order valence-electron chi connectivity index (χ2n) is 4.95. The van der Waals surface area contributed by atoms with E-state index in [4.69, 9.17) is 5.73 Å². The molecule has 1 aromatic heterocycles. The van der Waals surface area contributed by atoms with Gasteiger partial charge in [0.15, 0.2) is 5.82 Å². The number of nitrogens with zero attached hydrogens (tertiary/aromatic N) is 2. The number of alkyl halides is 3. The molecule has 21 heavy (non-hydrogen) atoms. The van der Waals surface area contributed by atoms with E-state index in [1.807, 2.05) is 0 Å². The van der Waals surface area contributed by atoms with Gasteiger partial charge in [0.05, 0.1) is 13.2 Å². The second-order valence-corrected chi connectivity index (χ2v) is 4.95. The lowest BCUT2D eigenvalue weighted by molar-refractivity contribution is -0.115. The van der Waals surface area contributed by atoms with Crippen molar-refractivity contribution in [3.63, 3.8) is 0 Å². The molecular weight excluding hydrogens is 289 g/mol. The van der Waals surface area contributed by atoms with Crippen LogP contribution in [0.2, 0.25) is 0 Å². The van der Waals surface area contributed by atoms with Gasteiger partial charge < -0.3 is 15.8 Å². The third kappa shape index (κ3) is 3.40. The summed E-state index contributed by atoms with van der Waals surface area (Å²) in [6, 6.07) is 0.00911. The summed E-state index contributed by atoms with van der Waals surface area (Å²) in [5.41, 5.74) is 5.73. The van der Waals surface area contributed by atoms with Gasteiger partial charge in [-0.3, -0.25) is 0 Å². The summed E-state index contributed by atoms with van der Waals surface area (Å²) >= 11 is 0. The van der Waals surface area contributed by atoms with Crippen LogP contribution in [0.1, 0.15) is 42.1 Å². The lowest BCUT2D eigenvalue weighted by atomic mass is 10.2. The molecule has 0 radical (unpaired) electrons. The second kappa shape index (κ2) is 5.82. The fourth-order valence-electron chi connectivity index (χ4n) is 2.49. The molecule has 9 heteroatoms. The molecule has 1 aliphatic carbocycles. The molecule has 118 valence electrons. The fourth-order valence-corrected chi connectivity index (χ4v) is 2.49. The molecule has 0 aromatic carbocycles. The first kappa shape index (κ1) is 15.5. The number of esters is 1. The Morgan fingerprint density at radius 3 is 2.62 bits per heavy atom. The van der Waals surface area contributed by atoms with Crippen LogP contribution in [-0.4, -0.2) is 35.6 Å². The monoisotopic (exact) mass is 306 g/mol. The van der Waals surface area contributed by atoms with Gasteiger partial charge in [0.2, 0.25) is 0 Å². The molecule has 1 aliphatic rings. The predicted molar refractivity (Wildman–Crippen MR) is 70.0 cm³/mol. The van der Waals surface area contributed by atoms with Crippen molar-refractivity contribution in [2.75, 3.05) is 24.7 Å². The minimum atomic E-state index is -4.42.